The van der Waals surface area contributed by atoms with Gasteiger partial charge in [0.25, 0.3) is 0 Å². The van der Waals surface area contributed by atoms with Gasteiger partial charge in [0.1, 0.15) is 12.4 Å². The Bertz CT molecular complexity index is 518. The highest BCUT2D eigenvalue weighted by molar-refractivity contribution is 5.42. The highest BCUT2D eigenvalue weighted by atomic mass is 16.5. The number of ether oxygens (including phenoxy) is 1. The number of hydrogen-bond donors (Lipinski definition) is 0. The molecule has 0 bridgehead atoms. The van der Waals surface area contributed by atoms with Crippen molar-refractivity contribution in [3.63, 3.8) is 0 Å². The zero-order valence-corrected chi connectivity index (χ0v) is 9.99. The molecule has 2 aromatic carbocycles. The van der Waals surface area contributed by atoms with Crippen LogP contribution in [0.3, 0.4) is 0 Å². The lowest BCUT2D eigenvalue weighted by Crippen LogP contribution is -1.91. The molecule has 0 saturated carbocycles. The number of nitrogens with zero attached hydrogens (tertiary/aromatic N) is 2. The van der Waals surface area contributed by atoms with Crippen LogP contribution in [0.2, 0.25) is 0 Å². The van der Waals surface area contributed by atoms with Crippen LogP contribution >= 0.6 is 0 Å². The third-order valence-electron chi connectivity index (χ3n) is 2.24. The third kappa shape index (κ3) is 3.56. The molecule has 2 rings (SSSR count). The molecule has 3 nitrogen and oxygen atoms in total. The Balaban J connectivity index is 2.02. The highest BCUT2D eigenvalue weighted by Crippen LogP contribution is 2.20. The van der Waals surface area contributed by atoms with Gasteiger partial charge in [-0.3, -0.25) is 0 Å². The number of azo groups is 1. The summed E-state index contributed by atoms with van der Waals surface area (Å²) >= 11 is 0. The van der Waals surface area contributed by atoms with Gasteiger partial charge in [-0.15, -0.1) is 0 Å². The summed E-state index contributed by atoms with van der Waals surface area (Å²) in [5, 5.41) is 8.28. The summed E-state index contributed by atoms with van der Waals surface area (Å²) in [6.07, 6.45) is 1.71. The van der Waals surface area contributed by atoms with Crippen molar-refractivity contribution in [2.45, 2.75) is 0 Å². The van der Waals surface area contributed by atoms with E-state index < -0.39 is 0 Å². The molecule has 0 fully saturated rings. The van der Waals surface area contributed by atoms with Crippen LogP contribution in [0.5, 0.6) is 5.75 Å². The Hall–Kier alpha value is -2.42. The number of rotatable bonds is 5. The Morgan fingerprint density at radius 3 is 2.11 bits per heavy atom. The maximum absolute atomic E-state index is 5.38. The highest BCUT2D eigenvalue weighted by Gasteiger charge is 1.93. The van der Waals surface area contributed by atoms with E-state index in [4.69, 9.17) is 4.74 Å². The average Bonchev–Trinajstić information content (AvgIpc) is 2.45. The van der Waals surface area contributed by atoms with E-state index in [9.17, 15) is 0 Å². The van der Waals surface area contributed by atoms with Crippen molar-refractivity contribution in [2.24, 2.45) is 10.2 Å². The molecule has 0 aliphatic heterocycles. The first-order chi connectivity index (χ1) is 8.88. The van der Waals surface area contributed by atoms with E-state index in [1.165, 1.54) is 0 Å². The maximum Gasteiger partial charge on any atom is 0.119 e. The quantitative estimate of drug-likeness (QED) is 0.550. The molecule has 0 aliphatic carbocycles. The van der Waals surface area contributed by atoms with Gasteiger partial charge in [-0.25, -0.2) is 0 Å². The van der Waals surface area contributed by atoms with E-state index in [0.717, 1.165) is 17.1 Å². The molecule has 0 aliphatic rings. The maximum atomic E-state index is 5.38. The van der Waals surface area contributed by atoms with Crippen LogP contribution in [-0.4, -0.2) is 6.61 Å². The van der Waals surface area contributed by atoms with Crippen LogP contribution in [0.4, 0.5) is 11.4 Å². The minimum absolute atomic E-state index is 0.505. The second-order valence-electron chi connectivity index (χ2n) is 3.63. The van der Waals surface area contributed by atoms with Gasteiger partial charge < -0.3 is 4.74 Å². The second-order valence-corrected chi connectivity index (χ2v) is 3.63. The van der Waals surface area contributed by atoms with Crippen molar-refractivity contribution in [3.05, 3.63) is 67.3 Å². The Morgan fingerprint density at radius 2 is 1.50 bits per heavy atom. The molecule has 0 saturated heterocycles. The van der Waals surface area contributed by atoms with Crippen molar-refractivity contribution < 1.29 is 4.74 Å². The van der Waals surface area contributed by atoms with Crippen molar-refractivity contribution >= 4 is 11.4 Å². The first-order valence-corrected chi connectivity index (χ1v) is 5.69. The van der Waals surface area contributed by atoms with Crippen LogP contribution in [0.25, 0.3) is 0 Å². The van der Waals surface area contributed by atoms with E-state index in [-0.39, 0.29) is 0 Å². The first-order valence-electron chi connectivity index (χ1n) is 5.69. The van der Waals surface area contributed by atoms with Gasteiger partial charge in [0, 0.05) is 0 Å². The smallest absolute Gasteiger partial charge is 0.119 e. The van der Waals surface area contributed by atoms with Gasteiger partial charge in [0.2, 0.25) is 0 Å². The van der Waals surface area contributed by atoms with E-state index in [1.807, 2.05) is 54.6 Å². The molecule has 0 aromatic heterocycles. The Morgan fingerprint density at radius 1 is 0.889 bits per heavy atom. The molecular weight excluding hydrogens is 224 g/mol. The van der Waals surface area contributed by atoms with Crippen molar-refractivity contribution in [1.29, 1.82) is 0 Å². The van der Waals surface area contributed by atoms with Gasteiger partial charge in [0.15, 0.2) is 0 Å². The summed E-state index contributed by atoms with van der Waals surface area (Å²) in [6, 6.07) is 17.1. The van der Waals surface area contributed by atoms with Crippen molar-refractivity contribution in [1.82, 2.24) is 0 Å². The molecule has 0 N–H and O–H groups in total. The fourth-order valence-corrected chi connectivity index (χ4v) is 1.37. The van der Waals surface area contributed by atoms with E-state index in [0.29, 0.717) is 6.61 Å². The molecule has 0 heterocycles. The predicted molar refractivity (Wildman–Crippen MR) is 72.8 cm³/mol. The Labute approximate surface area is 106 Å². The van der Waals surface area contributed by atoms with Crippen LogP contribution < -0.4 is 4.74 Å². The topological polar surface area (TPSA) is 34.0 Å². The molecule has 0 unspecified atom stereocenters. The first kappa shape index (κ1) is 12.0. The van der Waals surface area contributed by atoms with Crippen LogP contribution in [0, 0.1) is 0 Å². The van der Waals surface area contributed by atoms with Gasteiger partial charge in [-0.2, -0.15) is 10.2 Å². The normalized spacial score (nSPS) is 10.4. The Kier molecular flexibility index (Phi) is 4.25. The van der Waals surface area contributed by atoms with Crippen molar-refractivity contribution in [3.8, 4) is 5.75 Å². The van der Waals surface area contributed by atoms with Crippen molar-refractivity contribution in [2.75, 3.05) is 6.61 Å². The molecule has 2 aromatic rings. The fourth-order valence-electron chi connectivity index (χ4n) is 1.37. The summed E-state index contributed by atoms with van der Waals surface area (Å²) < 4.78 is 5.38. The monoisotopic (exact) mass is 238 g/mol. The lowest BCUT2D eigenvalue weighted by Gasteiger charge is -2.02. The standard InChI is InChI=1S/C15H14N2O/c1-2-12-18-15-10-8-14(9-11-15)17-16-13-6-4-3-5-7-13/h2-11H,1,12H2/b17-16+. The van der Waals surface area contributed by atoms with Gasteiger partial charge in [0.05, 0.1) is 11.4 Å². The lowest BCUT2D eigenvalue weighted by atomic mass is 10.3. The number of hydrogen-bond acceptors (Lipinski definition) is 3. The van der Waals surface area contributed by atoms with Crippen LogP contribution in [-0.2, 0) is 0 Å². The largest absolute Gasteiger partial charge is 0.490 e. The van der Waals surface area contributed by atoms with E-state index >= 15 is 0 Å². The van der Waals surface area contributed by atoms with Gasteiger partial charge >= 0.3 is 0 Å². The minimum atomic E-state index is 0.505. The van der Waals surface area contributed by atoms with Crippen LogP contribution in [0.1, 0.15) is 0 Å². The summed E-state index contributed by atoms with van der Waals surface area (Å²) in [5.41, 5.74) is 1.63. The zero-order chi connectivity index (χ0) is 12.6. The van der Waals surface area contributed by atoms with E-state index in [2.05, 4.69) is 16.8 Å². The summed E-state index contributed by atoms with van der Waals surface area (Å²) in [7, 11) is 0. The molecule has 90 valence electrons. The fraction of sp³-hybridized carbons (Fsp3) is 0.0667. The molecular formula is C15H14N2O. The molecule has 0 spiro atoms. The summed E-state index contributed by atoms with van der Waals surface area (Å²) in [4.78, 5) is 0. The molecule has 3 heteroatoms. The van der Waals surface area contributed by atoms with Gasteiger partial charge in [-0.05, 0) is 36.4 Å². The zero-order valence-electron chi connectivity index (χ0n) is 9.99. The second kappa shape index (κ2) is 6.35. The van der Waals surface area contributed by atoms with E-state index in [1.54, 1.807) is 6.08 Å². The molecule has 0 radical (unpaired) electrons. The summed E-state index contributed by atoms with van der Waals surface area (Å²) in [6.45, 7) is 4.10. The lowest BCUT2D eigenvalue weighted by molar-refractivity contribution is 0.363. The molecule has 18 heavy (non-hydrogen) atoms. The minimum Gasteiger partial charge on any atom is -0.490 e. The molecule has 0 atom stereocenters. The predicted octanol–water partition coefficient (Wildman–Crippen LogP) is 4.67. The average molecular weight is 238 g/mol. The van der Waals surface area contributed by atoms with Gasteiger partial charge in [-0.1, -0.05) is 30.9 Å². The molecule has 0 amide bonds. The van der Waals surface area contributed by atoms with Crippen LogP contribution in [0.15, 0.2) is 77.5 Å². The third-order valence-corrected chi connectivity index (χ3v) is 2.24. The summed E-state index contributed by atoms with van der Waals surface area (Å²) in [5.74, 6) is 0.800. The SMILES string of the molecule is C=CCOc1ccc(/N=N/c2ccccc2)cc1. The number of benzene rings is 2.